The van der Waals surface area contributed by atoms with E-state index in [2.05, 4.69) is 86.2 Å². The van der Waals surface area contributed by atoms with Gasteiger partial charge in [-0.05, 0) is 55.5 Å². The molecule has 0 aliphatic carbocycles. The van der Waals surface area contributed by atoms with Gasteiger partial charge in [0.1, 0.15) is 6.10 Å². The maximum atomic E-state index is 10.4. The molecular weight excluding hydrogens is 392 g/mol. The third kappa shape index (κ3) is 10.5. The maximum absolute atomic E-state index is 10.4. The van der Waals surface area contributed by atoms with E-state index in [0.29, 0.717) is 0 Å². The standard InChI is InChI=1S/C24H48O3Si2/c1-12-21(17-16-20-27-29(10,11)24(5,6)7)22(25)18-14-13-15-19-26-28(8,9)23(2,3)4/h12,21-22,25H,1,13,15-17,19-20H2,2-11H3. The number of hydrogen-bond donors (Lipinski definition) is 1. The van der Waals surface area contributed by atoms with Gasteiger partial charge in [-0.1, -0.05) is 53.5 Å². The molecule has 2 unspecified atom stereocenters. The molecule has 0 rings (SSSR count). The molecule has 0 radical (unpaired) electrons. The predicted octanol–water partition coefficient (Wildman–Crippen LogP) is 6.76. The van der Waals surface area contributed by atoms with E-state index < -0.39 is 22.7 Å². The van der Waals surface area contributed by atoms with Crippen molar-refractivity contribution >= 4 is 16.6 Å². The van der Waals surface area contributed by atoms with Crippen molar-refractivity contribution in [3.63, 3.8) is 0 Å². The Morgan fingerprint density at radius 3 is 1.76 bits per heavy atom. The Morgan fingerprint density at radius 2 is 1.34 bits per heavy atom. The molecule has 0 amide bonds. The van der Waals surface area contributed by atoms with Gasteiger partial charge in [-0.3, -0.25) is 0 Å². The highest BCUT2D eigenvalue weighted by Gasteiger charge is 2.37. The lowest BCUT2D eigenvalue weighted by atomic mass is 9.97. The van der Waals surface area contributed by atoms with E-state index in [1.165, 1.54) is 0 Å². The third-order valence-corrected chi connectivity index (χ3v) is 15.7. The average Bonchev–Trinajstić information content (AvgIpc) is 2.55. The van der Waals surface area contributed by atoms with Gasteiger partial charge >= 0.3 is 0 Å². The molecule has 170 valence electrons. The summed E-state index contributed by atoms with van der Waals surface area (Å²) in [6, 6.07) is 0. The Balaban J connectivity index is 4.28. The van der Waals surface area contributed by atoms with Gasteiger partial charge in [0.25, 0.3) is 0 Å². The fourth-order valence-corrected chi connectivity index (χ4v) is 4.43. The summed E-state index contributed by atoms with van der Waals surface area (Å²) in [5.41, 5.74) is 0. The van der Waals surface area contributed by atoms with Crippen molar-refractivity contribution in [2.45, 2.75) is 110 Å². The van der Waals surface area contributed by atoms with Crippen LogP contribution in [0.15, 0.2) is 12.7 Å². The van der Waals surface area contributed by atoms with Crippen molar-refractivity contribution in [3.05, 3.63) is 12.7 Å². The first kappa shape index (κ1) is 28.6. The molecule has 0 saturated carbocycles. The zero-order chi connectivity index (χ0) is 22.9. The zero-order valence-corrected chi connectivity index (χ0v) is 22.9. The summed E-state index contributed by atoms with van der Waals surface area (Å²) in [5, 5.41) is 10.9. The summed E-state index contributed by atoms with van der Waals surface area (Å²) in [6.07, 6.45) is 4.61. The van der Waals surface area contributed by atoms with Crippen LogP contribution in [0, 0.1) is 17.8 Å². The van der Waals surface area contributed by atoms with E-state index in [-0.39, 0.29) is 16.0 Å². The van der Waals surface area contributed by atoms with Gasteiger partial charge in [-0.15, -0.1) is 12.5 Å². The van der Waals surface area contributed by atoms with E-state index in [0.717, 1.165) is 38.9 Å². The van der Waals surface area contributed by atoms with E-state index in [4.69, 9.17) is 8.85 Å². The molecule has 0 aromatic heterocycles. The van der Waals surface area contributed by atoms with Crippen LogP contribution in [-0.4, -0.2) is 41.1 Å². The van der Waals surface area contributed by atoms with E-state index in [9.17, 15) is 5.11 Å². The Morgan fingerprint density at radius 1 is 0.897 bits per heavy atom. The summed E-state index contributed by atoms with van der Waals surface area (Å²) in [5.74, 6) is 6.12. The maximum Gasteiger partial charge on any atom is 0.191 e. The molecule has 0 bridgehead atoms. The van der Waals surface area contributed by atoms with Crippen LogP contribution in [0.5, 0.6) is 0 Å². The lowest BCUT2D eigenvalue weighted by Gasteiger charge is -2.36. The van der Waals surface area contributed by atoms with Crippen LogP contribution in [0.2, 0.25) is 36.3 Å². The quantitative estimate of drug-likeness (QED) is 0.167. The number of unbranched alkanes of at least 4 members (excludes halogenated alkanes) is 1. The van der Waals surface area contributed by atoms with Crippen LogP contribution in [0.25, 0.3) is 0 Å². The van der Waals surface area contributed by atoms with E-state index in [1.807, 2.05) is 6.08 Å². The number of hydrogen-bond acceptors (Lipinski definition) is 3. The van der Waals surface area contributed by atoms with E-state index in [1.54, 1.807) is 0 Å². The van der Waals surface area contributed by atoms with Crippen LogP contribution < -0.4 is 0 Å². The van der Waals surface area contributed by atoms with Crippen molar-refractivity contribution in [3.8, 4) is 11.8 Å². The van der Waals surface area contributed by atoms with Crippen LogP contribution in [0.4, 0.5) is 0 Å². The topological polar surface area (TPSA) is 38.7 Å². The fourth-order valence-electron chi connectivity index (χ4n) is 2.26. The lowest BCUT2D eigenvalue weighted by molar-refractivity contribution is 0.172. The smallest absolute Gasteiger partial charge is 0.191 e. The Bertz CT molecular complexity index is 545. The highest BCUT2D eigenvalue weighted by molar-refractivity contribution is 6.74. The van der Waals surface area contributed by atoms with Crippen LogP contribution in [-0.2, 0) is 8.85 Å². The first-order valence-corrected chi connectivity index (χ1v) is 16.9. The highest BCUT2D eigenvalue weighted by atomic mass is 28.4. The summed E-state index contributed by atoms with van der Waals surface area (Å²) in [7, 11) is -3.37. The molecule has 0 heterocycles. The molecule has 3 nitrogen and oxygen atoms in total. The van der Waals surface area contributed by atoms with Gasteiger partial charge in [0, 0.05) is 25.6 Å². The minimum absolute atomic E-state index is 0.00556. The fraction of sp³-hybridized carbons (Fsp3) is 0.833. The predicted molar refractivity (Wildman–Crippen MR) is 132 cm³/mol. The summed E-state index contributed by atoms with van der Waals surface area (Å²) < 4.78 is 12.4. The van der Waals surface area contributed by atoms with E-state index >= 15 is 0 Å². The molecular formula is C24H48O3Si2. The normalized spacial score (nSPS) is 15.4. The van der Waals surface area contributed by atoms with Gasteiger partial charge in [0.05, 0.1) is 0 Å². The Hall–Kier alpha value is -0.386. The summed E-state index contributed by atoms with van der Waals surface area (Å²) in [6.45, 7) is 28.0. The number of rotatable bonds is 11. The minimum atomic E-state index is -1.70. The Labute approximate surface area is 183 Å². The third-order valence-electron chi connectivity index (χ3n) is 6.62. The second-order valence-electron chi connectivity index (χ2n) is 11.1. The Kier molecular flexibility index (Phi) is 11.7. The minimum Gasteiger partial charge on any atom is -0.417 e. The summed E-state index contributed by atoms with van der Waals surface area (Å²) >= 11 is 0. The SMILES string of the molecule is C=CC(CCCO[Si](C)(C)C(C)(C)C)C(O)C#CCCCO[Si](C)(C)C(C)(C)C. The first-order valence-electron chi connectivity index (χ1n) is 11.1. The molecule has 0 spiro atoms. The van der Waals surface area contributed by atoms with Crippen LogP contribution in [0.3, 0.4) is 0 Å². The van der Waals surface area contributed by atoms with Crippen molar-refractivity contribution < 1.29 is 14.0 Å². The van der Waals surface area contributed by atoms with Crippen molar-refractivity contribution in [1.29, 1.82) is 0 Å². The van der Waals surface area contributed by atoms with Crippen molar-refractivity contribution in [1.82, 2.24) is 0 Å². The molecule has 29 heavy (non-hydrogen) atoms. The van der Waals surface area contributed by atoms with Crippen molar-refractivity contribution in [2.75, 3.05) is 13.2 Å². The van der Waals surface area contributed by atoms with Crippen LogP contribution >= 0.6 is 0 Å². The molecule has 0 saturated heterocycles. The number of aliphatic hydroxyl groups excluding tert-OH is 1. The monoisotopic (exact) mass is 440 g/mol. The molecule has 1 N–H and O–H groups in total. The zero-order valence-electron chi connectivity index (χ0n) is 20.9. The average molecular weight is 441 g/mol. The van der Waals surface area contributed by atoms with Gasteiger partial charge in [-0.2, -0.15) is 0 Å². The molecule has 0 aliphatic rings. The molecule has 5 heteroatoms. The largest absolute Gasteiger partial charge is 0.417 e. The van der Waals surface area contributed by atoms with Gasteiger partial charge in [0.2, 0.25) is 0 Å². The van der Waals surface area contributed by atoms with Gasteiger partial charge < -0.3 is 14.0 Å². The highest BCUT2D eigenvalue weighted by Crippen LogP contribution is 2.37. The first-order chi connectivity index (χ1) is 13.0. The van der Waals surface area contributed by atoms with Gasteiger partial charge in [-0.25, -0.2) is 0 Å². The van der Waals surface area contributed by atoms with Crippen molar-refractivity contribution in [2.24, 2.45) is 5.92 Å². The molecule has 0 aliphatic heterocycles. The summed E-state index contributed by atoms with van der Waals surface area (Å²) in [4.78, 5) is 0. The molecule has 2 atom stereocenters. The second kappa shape index (κ2) is 11.9. The molecule has 0 fully saturated rings. The number of aliphatic hydroxyl groups is 1. The second-order valence-corrected chi connectivity index (χ2v) is 20.7. The lowest BCUT2D eigenvalue weighted by Crippen LogP contribution is -2.41. The molecule has 0 aromatic rings. The van der Waals surface area contributed by atoms with Gasteiger partial charge in [0.15, 0.2) is 16.6 Å². The van der Waals surface area contributed by atoms with Crippen LogP contribution in [0.1, 0.15) is 67.2 Å². The molecule has 0 aromatic carbocycles.